The van der Waals surface area contributed by atoms with Crippen LogP contribution < -0.4 is 10.0 Å². The van der Waals surface area contributed by atoms with Gasteiger partial charge >= 0.3 is 0 Å². The molecule has 7 heteroatoms. The van der Waals surface area contributed by atoms with Crippen molar-refractivity contribution >= 4 is 21.6 Å². The topological polar surface area (TPSA) is 84.5 Å². The summed E-state index contributed by atoms with van der Waals surface area (Å²) in [4.78, 5) is 12.2. The molecule has 0 radical (unpaired) electrons. The van der Waals surface area contributed by atoms with Crippen LogP contribution in [-0.4, -0.2) is 34.6 Å². The van der Waals surface area contributed by atoms with Gasteiger partial charge in [-0.05, 0) is 67.6 Å². The fourth-order valence-corrected chi connectivity index (χ4v) is 4.70. The van der Waals surface area contributed by atoms with E-state index < -0.39 is 10.0 Å². The molecule has 0 aliphatic heterocycles. The second kappa shape index (κ2) is 9.21. The summed E-state index contributed by atoms with van der Waals surface area (Å²) in [5.74, 6) is -0.105. The number of aryl methyl sites for hydroxylation is 2. The van der Waals surface area contributed by atoms with E-state index in [9.17, 15) is 13.2 Å². The first-order valence-corrected chi connectivity index (χ1v) is 10.6. The highest BCUT2D eigenvalue weighted by molar-refractivity contribution is 7.92. The van der Waals surface area contributed by atoms with Crippen LogP contribution in [0.1, 0.15) is 27.8 Å². The molecule has 28 heavy (non-hydrogen) atoms. The lowest BCUT2D eigenvalue weighted by atomic mass is 10.0. The van der Waals surface area contributed by atoms with Gasteiger partial charge in [0.15, 0.2) is 0 Å². The third-order valence-corrected chi connectivity index (χ3v) is 6.42. The standard InChI is InChI=1S/C21H28N2O4S/c1-14-12-15(2)17(4)21(16(14)3)28(25,26)23-19-8-6-18(7-9-19)13-20(24)22-10-11-27-5/h6-9,12,23H,10-11,13H2,1-5H3,(H,22,24). The Kier molecular flexibility index (Phi) is 7.21. The molecule has 6 nitrogen and oxygen atoms in total. The zero-order valence-electron chi connectivity index (χ0n) is 17.0. The maximum Gasteiger partial charge on any atom is 0.262 e. The van der Waals surface area contributed by atoms with Gasteiger partial charge in [0, 0.05) is 19.3 Å². The van der Waals surface area contributed by atoms with Crippen molar-refractivity contribution in [2.45, 2.75) is 39.0 Å². The number of amides is 1. The number of hydrogen-bond donors (Lipinski definition) is 2. The van der Waals surface area contributed by atoms with Crippen molar-refractivity contribution in [2.24, 2.45) is 0 Å². The first kappa shape index (κ1) is 21.9. The van der Waals surface area contributed by atoms with Gasteiger partial charge in [-0.15, -0.1) is 0 Å². The fourth-order valence-electron chi connectivity index (χ4n) is 3.02. The van der Waals surface area contributed by atoms with Crippen LogP contribution in [0, 0.1) is 27.7 Å². The summed E-state index contributed by atoms with van der Waals surface area (Å²) in [7, 11) is -2.14. The Balaban J connectivity index is 2.15. The highest BCUT2D eigenvalue weighted by Gasteiger charge is 2.22. The highest BCUT2D eigenvalue weighted by atomic mass is 32.2. The van der Waals surface area contributed by atoms with Gasteiger partial charge in [0.25, 0.3) is 10.0 Å². The number of benzene rings is 2. The average Bonchev–Trinajstić information content (AvgIpc) is 2.61. The quantitative estimate of drug-likeness (QED) is 0.663. The molecule has 0 spiro atoms. The first-order chi connectivity index (χ1) is 13.2. The Bertz CT molecular complexity index is 925. The molecular weight excluding hydrogens is 376 g/mol. The molecule has 2 N–H and O–H groups in total. The number of carbonyl (C=O) groups excluding carboxylic acids is 1. The number of sulfonamides is 1. The summed E-state index contributed by atoms with van der Waals surface area (Å²) < 4.78 is 33.5. The minimum Gasteiger partial charge on any atom is -0.383 e. The van der Waals surface area contributed by atoms with E-state index >= 15 is 0 Å². The Morgan fingerprint density at radius 3 is 2.11 bits per heavy atom. The van der Waals surface area contributed by atoms with E-state index in [4.69, 9.17) is 4.74 Å². The minimum atomic E-state index is -3.71. The Labute approximate surface area is 167 Å². The lowest BCUT2D eigenvalue weighted by molar-refractivity contribution is -0.120. The molecule has 0 aromatic heterocycles. The lowest BCUT2D eigenvalue weighted by Crippen LogP contribution is -2.28. The normalized spacial score (nSPS) is 11.3. The van der Waals surface area contributed by atoms with Crippen molar-refractivity contribution in [2.75, 3.05) is 25.0 Å². The van der Waals surface area contributed by atoms with E-state index in [0.717, 1.165) is 27.8 Å². The highest BCUT2D eigenvalue weighted by Crippen LogP contribution is 2.27. The van der Waals surface area contributed by atoms with Crippen LogP contribution in [0.3, 0.4) is 0 Å². The number of hydrogen-bond acceptors (Lipinski definition) is 4. The third kappa shape index (κ3) is 5.33. The molecule has 0 atom stereocenters. The van der Waals surface area contributed by atoms with Gasteiger partial charge in [-0.3, -0.25) is 9.52 Å². The lowest BCUT2D eigenvalue weighted by Gasteiger charge is -2.17. The molecule has 0 saturated heterocycles. The van der Waals surface area contributed by atoms with Crippen LogP contribution in [0.25, 0.3) is 0 Å². The summed E-state index contributed by atoms with van der Waals surface area (Å²) in [6, 6.07) is 8.82. The molecule has 0 aliphatic rings. The summed E-state index contributed by atoms with van der Waals surface area (Å²) in [5.41, 5.74) is 4.65. The largest absolute Gasteiger partial charge is 0.383 e. The molecule has 152 valence electrons. The van der Waals surface area contributed by atoms with Crippen molar-refractivity contribution in [3.8, 4) is 0 Å². The minimum absolute atomic E-state index is 0.105. The van der Waals surface area contributed by atoms with E-state index in [-0.39, 0.29) is 12.3 Å². The SMILES string of the molecule is COCCNC(=O)Cc1ccc(NS(=O)(=O)c2c(C)c(C)cc(C)c2C)cc1. The molecule has 1 amide bonds. The molecule has 2 rings (SSSR count). The fraction of sp³-hybridized carbons (Fsp3) is 0.381. The summed E-state index contributed by atoms with van der Waals surface area (Å²) in [5, 5.41) is 2.75. The van der Waals surface area contributed by atoms with Gasteiger partial charge < -0.3 is 10.1 Å². The monoisotopic (exact) mass is 404 g/mol. The molecular formula is C21H28N2O4S. The van der Waals surface area contributed by atoms with Gasteiger partial charge in [0.1, 0.15) is 0 Å². The van der Waals surface area contributed by atoms with E-state index in [1.165, 1.54) is 0 Å². The second-order valence-corrected chi connectivity index (χ2v) is 8.53. The van der Waals surface area contributed by atoms with Gasteiger partial charge in [-0.1, -0.05) is 18.2 Å². The predicted octanol–water partition coefficient (Wildman–Crippen LogP) is 3.03. The summed E-state index contributed by atoms with van der Waals surface area (Å²) in [6.07, 6.45) is 0.228. The molecule has 0 saturated carbocycles. The van der Waals surface area contributed by atoms with E-state index in [1.807, 2.05) is 33.8 Å². The van der Waals surface area contributed by atoms with Gasteiger partial charge in [0.2, 0.25) is 5.91 Å². The van der Waals surface area contributed by atoms with Crippen LogP contribution in [0.2, 0.25) is 0 Å². The van der Waals surface area contributed by atoms with Crippen molar-refractivity contribution in [3.63, 3.8) is 0 Å². The number of methoxy groups -OCH3 is 1. The van der Waals surface area contributed by atoms with Crippen molar-refractivity contribution in [1.82, 2.24) is 5.32 Å². The number of carbonyl (C=O) groups is 1. The van der Waals surface area contributed by atoms with Crippen molar-refractivity contribution < 1.29 is 17.9 Å². The van der Waals surface area contributed by atoms with Crippen molar-refractivity contribution in [3.05, 3.63) is 58.1 Å². The second-order valence-electron chi connectivity index (χ2n) is 6.91. The van der Waals surface area contributed by atoms with E-state index in [1.54, 1.807) is 31.4 Å². The zero-order chi connectivity index (χ0) is 20.9. The first-order valence-electron chi connectivity index (χ1n) is 9.10. The van der Waals surface area contributed by atoms with Gasteiger partial charge in [-0.2, -0.15) is 0 Å². The van der Waals surface area contributed by atoms with Crippen LogP contribution in [-0.2, 0) is 26.0 Å². The van der Waals surface area contributed by atoms with E-state index in [2.05, 4.69) is 10.0 Å². The van der Waals surface area contributed by atoms with Gasteiger partial charge in [0.05, 0.1) is 17.9 Å². The molecule has 0 aliphatic carbocycles. The van der Waals surface area contributed by atoms with Crippen LogP contribution in [0.5, 0.6) is 0 Å². The molecule has 0 bridgehead atoms. The molecule has 0 fully saturated rings. The predicted molar refractivity (Wildman–Crippen MR) is 111 cm³/mol. The smallest absolute Gasteiger partial charge is 0.262 e. The van der Waals surface area contributed by atoms with Crippen LogP contribution >= 0.6 is 0 Å². The zero-order valence-corrected chi connectivity index (χ0v) is 17.9. The molecule has 2 aromatic carbocycles. The Morgan fingerprint density at radius 1 is 1.00 bits per heavy atom. The number of rotatable bonds is 8. The molecule has 2 aromatic rings. The maximum atomic E-state index is 13.0. The van der Waals surface area contributed by atoms with Crippen molar-refractivity contribution in [1.29, 1.82) is 0 Å². The molecule has 0 heterocycles. The number of anilines is 1. The van der Waals surface area contributed by atoms with Gasteiger partial charge in [-0.25, -0.2) is 8.42 Å². The van der Waals surface area contributed by atoms with Crippen LogP contribution in [0.4, 0.5) is 5.69 Å². The van der Waals surface area contributed by atoms with Crippen LogP contribution in [0.15, 0.2) is 35.2 Å². The maximum absolute atomic E-state index is 13.0. The summed E-state index contributed by atoms with van der Waals surface area (Å²) >= 11 is 0. The third-order valence-electron chi connectivity index (χ3n) is 4.77. The number of ether oxygens (including phenoxy) is 1. The average molecular weight is 405 g/mol. The molecule has 0 unspecified atom stereocenters. The summed E-state index contributed by atoms with van der Waals surface area (Å²) in [6.45, 7) is 8.38. The van der Waals surface area contributed by atoms with E-state index in [0.29, 0.717) is 23.7 Å². The number of nitrogens with one attached hydrogen (secondary N) is 2. The Morgan fingerprint density at radius 2 is 1.57 bits per heavy atom. The Hall–Kier alpha value is -2.38.